The molecular weight excluding hydrogens is 281 g/mol. The number of hydrogen-bond donors (Lipinski definition) is 1. The van der Waals surface area contributed by atoms with Crippen molar-refractivity contribution in [2.75, 3.05) is 38.0 Å². The lowest BCUT2D eigenvalue weighted by atomic mass is 10.0. The monoisotopic (exact) mass is 307 g/mol. The summed E-state index contributed by atoms with van der Waals surface area (Å²) in [5.74, 6) is -0.412. The minimum atomic E-state index is -0.335. The second-order valence-corrected chi connectivity index (χ2v) is 5.79. The van der Waals surface area contributed by atoms with Gasteiger partial charge < -0.3 is 10.2 Å². The van der Waals surface area contributed by atoms with Gasteiger partial charge in [-0.3, -0.25) is 9.69 Å². The van der Waals surface area contributed by atoms with Crippen LogP contribution >= 0.6 is 0 Å². The average molecular weight is 307 g/mol. The Morgan fingerprint density at radius 1 is 1.32 bits per heavy atom. The highest BCUT2D eigenvalue weighted by atomic mass is 19.1. The van der Waals surface area contributed by atoms with Crippen LogP contribution in [-0.4, -0.2) is 54.5 Å². The number of amides is 1. The van der Waals surface area contributed by atoms with Gasteiger partial charge in [0.1, 0.15) is 5.82 Å². The van der Waals surface area contributed by atoms with Crippen molar-refractivity contribution < 1.29 is 9.18 Å². The van der Waals surface area contributed by atoms with Crippen molar-refractivity contribution in [2.24, 2.45) is 0 Å². The minimum absolute atomic E-state index is 0.0770. The highest BCUT2D eigenvalue weighted by Crippen LogP contribution is 2.16. The molecule has 5 heteroatoms. The number of nitrogens with zero attached hydrogens (tertiary/aromatic N) is 2. The lowest BCUT2D eigenvalue weighted by molar-refractivity contribution is -0.117. The number of benzene rings is 1. The van der Waals surface area contributed by atoms with Crippen molar-refractivity contribution in [3.05, 3.63) is 30.1 Å². The third-order valence-electron chi connectivity index (χ3n) is 4.36. The SMILES string of the molecule is CCN(CC)C1CCN(CC(=O)Nc2cccc(F)c2)CC1. The Kier molecular flexibility index (Phi) is 6.34. The third kappa shape index (κ3) is 4.78. The minimum Gasteiger partial charge on any atom is -0.325 e. The van der Waals surface area contributed by atoms with Crippen molar-refractivity contribution in [1.29, 1.82) is 0 Å². The van der Waals surface area contributed by atoms with Gasteiger partial charge in [-0.15, -0.1) is 0 Å². The Morgan fingerprint density at radius 2 is 2.00 bits per heavy atom. The highest BCUT2D eigenvalue weighted by molar-refractivity contribution is 5.92. The van der Waals surface area contributed by atoms with Crippen LogP contribution in [0, 0.1) is 5.82 Å². The van der Waals surface area contributed by atoms with E-state index in [2.05, 4.69) is 29.0 Å². The molecule has 1 saturated heterocycles. The summed E-state index contributed by atoms with van der Waals surface area (Å²) in [5.41, 5.74) is 0.517. The van der Waals surface area contributed by atoms with E-state index in [1.807, 2.05) is 0 Å². The number of nitrogens with one attached hydrogen (secondary N) is 1. The van der Waals surface area contributed by atoms with Gasteiger partial charge in [-0.1, -0.05) is 19.9 Å². The highest BCUT2D eigenvalue weighted by Gasteiger charge is 2.23. The Balaban J connectivity index is 1.77. The van der Waals surface area contributed by atoms with Crippen LogP contribution in [0.2, 0.25) is 0 Å². The van der Waals surface area contributed by atoms with Gasteiger partial charge in [0.25, 0.3) is 0 Å². The maximum atomic E-state index is 13.1. The molecule has 0 bridgehead atoms. The molecule has 0 radical (unpaired) electrons. The number of anilines is 1. The second kappa shape index (κ2) is 8.25. The molecule has 2 rings (SSSR count). The molecule has 1 amide bonds. The third-order valence-corrected chi connectivity index (χ3v) is 4.36. The molecule has 0 spiro atoms. The van der Waals surface area contributed by atoms with E-state index < -0.39 is 0 Å². The molecule has 1 aromatic carbocycles. The van der Waals surface area contributed by atoms with Crippen LogP contribution < -0.4 is 5.32 Å². The summed E-state index contributed by atoms with van der Waals surface area (Å²) in [7, 11) is 0. The van der Waals surface area contributed by atoms with Crippen molar-refractivity contribution >= 4 is 11.6 Å². The largest absolute Gasteiger partial charge is 0.325 e. The van der Waals surface area contributed by atoms with Crippen LogP contribution in [0.15, 0.2) is 24.3 Å². The molecule has 4 nitrogen and oxygen atoms in total. The zero-order valence-corrected chi connectivity index (χ0v) is 13.5. The van der Waals surface area contributed by atoms with E-state index in [4.69, 9.17) is 0 Å². The molecule has 22 heavy (non-hydrogen) atoms. The van der Waals surface area contributed by atoms with Crippen molar-refractivity contribution in [3.63, 3.8) is 0 Å². The van der Waals surface area contributed by atoms with Crippen LogP contribution in [0.5, 0.6) is 0 Å². The first-order chi connectivity index (χ1) is 10.6. The van der Waals surface area contributed by atoms with Crippen LogP contribution in [0.4, 0.5) is 10.1 Å². The van der Waals surface area contributed by atoms with Crippen LogP contribution in [0.1, 0.15) is 26.7 Å². The lowest BCUT2D eigenvalue weighted by Crippen LogP contribution is -2.46. The summed E-state index contributed by atoms with van der Waals surface area (Å²) in [6.45, 7) is 8.82. The Hall–Kier alpha value is -1.46. The summed E-state index contributed by atoms with van der Waals surface area (Å²) < 4.78 is 13.1. The average Bonchev–Trinajstić information content (AvgIpc) is 2.50. The zero-order chi connectivity index (χ0) is 15.9. The summed E-state index contributed by atoms with van der Waals surface area (Å²) in [6.07, 6.45) is 2.21. The van der Waals surface area contributed by atoms with Gasteiger partial charge in [-0.25, -0.2) is 4.39 Å². The number of rotatable bonds is 6. The van der Waals surface area contributed by atoms with E-state index in [0.717, 1.165) is 39.0 Å². The molecule has 0 saturated carbocycles. The van der Waals surface area contributed by atoms with Gasteiger partial charge in [0.05, 0.1) is 6.54 Å². The summed E-state index contributed by atoms with van der Waals surface area (Å²) in [6, 6.07) is 6.64. The van der Waals surface area contributed by atoms with Crippen LogP contribution in [-0.2, 0) is 4.79 Å². The van der Waals surface area contributed by atoms with Gasteiger partial charge in [0, 0.05) is 24.8 Å². The number of halogens is 1. The van der Waals surface area contributed by atoms with Crippen molar-refractivity contribution in [2.45, 2.75) is 32.7 Å². The number of hydrogen-bond acceptors (Lipinski definition) is 3. The van der Waals surface area contributed by atoms with Crippen LogP contribution in [0.3, 0.4) is 0 Å². The fourth-order valence-corrected chi connectivity index (χ4v) is 3.15. The zero-order valence-electron chi connectivity index (χ0n) is 13.5. The normalized spacial score (nSPS) is 16.9. The van der Waals surface area contributed by atoms with Gasteiger partial charge >= 0.3 is 0 Å². The predicted octanol–water partition coefficient (Wildman–Crippen LogP) is 2.57. The fraction of sp³-hybridized carbons (Fsp3) is 0.588. The molecule has 1 fully saturated rings. The Labute approximate surface area is 132 Å². The Bertz CT molecular complexity index is 483. The molecule has 0 atom stereocenters. The molecular formula is C17H26FN3O. The molecule has 1 N–H and O–H groups in total. The number of carbonyl (C=O) groups is 1. The van der Waals surface area contributed by atoms with Crippen LogP contribution in [0.25, 0.3) is 0 Å². The molecule has 1 aromatic rings. The molecule has 0 unspecified atom stereocenters. The quantitative estimate of drug-likeness (QED) is 0.877. The van der Waals surface area contributed by atoms with Gasteiger partial charge in [0.15, 0.2) is 0 Å². The summed E-state index contributed by atoms with van der Waals surface area (Å²) in [5, 5.41) is 2.76. The Morgan fingerprint density at radius 3 is 2.59 bits per heavy atom. The standard InChI is InChI=1S/C17H26FN3O/c1-3-21(4-2)16-8-10-20(11-9-16)13-17(22)19-15-7-5-6-14(18)12-15/h5-7,12,16H,3-4,8-11,13H2,1-2H3,(H,19,22). The smallest absolute Gasteiger partial charge is 0.238 e. The molecule has 0 aliphatic carbocycles. The number of likely N-dealkylation sites (tertiary alicyclic amines) is 1. The number of piperidine rings is 1. The maximum absolute atomic E-state index is 13.1. The van der Waals surface area contributed by atoms with E-state index in [0.29, 0.717) is 18.3 Å². The lowest BCUT2D eigenvalue weighted by Gasteiger charge is -2.37. The van der Waals surface area contributed by atoms with E-state index in [9.17, 15) is 9.18 Å². The first-order valence-corrected chi connectivity index (χ1v) is 8.14. The molecule has 122 valence electrons. The first kappa shape index (κ1) is 16.9. The number of carbonyl (C=O) groups excluding carboxylic acids is 1. The van der Waals surface area contributed by atoms with Gasteiger partial charge in [0.2, 0.25) is 5.91 Å². The maximum Gasteiger partial charge on any atom is 0.238 e. The molecule has 0 aromatic heterocycles. The summed E-state index contributed by atoms with van der Waals surface area (Å²) in [4.78, 5) is 16.7. The van der Waals surface area contributed by atoms with Crippen molar-refractivity contribution in [3.8, 4) is 0 Å². The van der Waals surface area contributed by atoms with E-state index in [-0.39, 0.29) is 11.7 Å². The predicted molar refractivity (Wildman–Crippen MR) is 87.4 cm³/mol. The molecule has 1 aliphatic rings. The fourth-order valence-electron chi connectivity index (χ4n) is 3.15. The van der Waals surface area contributed by atoms with Gasteiger partial charge in [-0.05, 0) is 44.1 Å². The van der Waals surface area contributed by atoms with Gasteiger partial charge in [-0.2, -0.15) is 0 Å². The van der Waals surface area contributed by atoms with E-state index in [1.165, 1.54) is 12.1 Å². The van der Waals surface area contributed by atoms with E-state index >= 15 is 0 Å². The molecule has 1 heterocycles. The van der Waals surface area contributed by atoms with Crippen molar-refractivity contribution in [1.82, 2.24) is 9.80 Å². The topological polar surface area (TPSA) is 35.6 Å². The summed E-state index contributed by atoms with van der Waals surface area (Å²) >= 11 is 0. The second-order valence-electron chi connectivity index (χ2n) is 5.79. The first-order valence-electron chi connectivity index (χ1n) is 8.14. The van der Waals surface area contributed by atoms with E-state index in [1.54, 1.807) is 12.1 Å². The molecule has 1 aliphatic heterocycles.